The third-order valence-electron chi connectivity index (χ3n) is 3.30. The van der Waals surface area contributed by atoms with Crippen LogP contribution in [-0.4, -0.2) is 16.9 Å². The van der Waals surface area contributed by atoms with Crippen LogP contribution in [0.25, 0.3) is 0 Å². The highest BCUT2D eigenvalue weighted by atomic mass is 127. The highest BCUT2D eigenvalue weighted by molar-refractivity contribution is 14.1. The minimum Gasteiger partial charge on any atom is -0.497 e. The standard InChI is InChI=1S/C15H18BrIN2O/c1-4-13-15(17)14(5-2)19(18-13)9-10-8-11(20-3)6-7-12(10)16/h6-8H,4-5,9H2,1-3H3. The largest absolute Gasteiger partial charge is 0.497 e. The van der Waals surface area contributed by atoms with Gasteiger partial charge in [0.25, 0.3) is 0 Å². The minimum absolute atomic E-state index is 0.761. The molecule has 20 heavy (non-hydrogen) atoms. The maximum atomic E-state index is 5.30. The van der Waals surface area contributed by atoms with Gasteiger partial charge < -0.3 is 4.74 Å². The van der Waals surface area contributed by atoms with Crippen molar-refractivity contribution in [2.24, 2.45) is 0 Å². The van der Waals surface area contributed by atoms with Crippen molar-refractivity contribution in [1.82, 2.24) is 9.78 Å². The summed E-state index contributed by atoms with van der Waals surface area (Å²) in [6.07, 6.45) is 1.96. The number of nitrogens with zero attached hydrogens (tertiary/aromatic N) is 2. The fraction of sp³-hybridized carbons (Fsp3) is 0.400. The van der Waals surface area contributed by atoms with Gasteiger partial charge in [0, 0.05) is 4.47 Å². The van der Waals surface area contributed by atoms with E-state index in [1.165, 1.54) is 20.5 Å². The van der Waals surface area contributed by atoms with Crippen LogP contribution in [0, 0.1) is 3.57 Å². The van der Waals surface area contributed by atoms with Gasteiger partial charge in [0.15, 0.2) is 0 Å². The molecule has 0 atom stereocenters. The van der Waals surface area contributed by atoms with Crippen LogP contribution in [0.1, 0.15) is 30.8 Å². The van der Waals surface area contributed by atoms with E-state index in [0.717, 1.165) is 29.6 Å². The zero-order valence-electron chi connectivity index (χ0n) is 11.9. The molecular weight excluding hydrogens is 431 g/mol. The molecule has 0 spiro atoms. The molecule has 0 bridgehead atoms. The van der Waals surface area contributed by atoms with E-state index in [4.69, 9.17) is 9.84 Å². The average Bonchev–Trinajstić information content (AvgIpc) is 2.76. The van der Waals surface area contributed by atoms with Crippen molar-refractivity contribution in [2.75, 3.05) is 7.11 Å². The summed E-state index contributed by atoms with van der Waals surface area (Å²) < 4.78 is 9.80. The Bertz CT molecular complexity index is 610. The fourth-order valence-corrected chi connectivity index (χ4v) is 3.71. The monoisotopic (exact) mass is 448 g/mol. The van der Waals surface area contributed by atoms with Gasteiger partial charge in [0.2, 0.25) is 0 Å². The number of rotatable bonds is 5. The summed E-state index contributed by atoms with van der Waals surface area (Å²) in [5.74, 6) is 0.874. The average molecular weight is 449 g/mol. The van der Waals surface area contributed by atoms with Crippen LogP contribution in [0.5, 0.6) is 5.75 Å². The smallest absolute Gasteiger partial charge is 0.119 e. The maximum absolute atomic E-state index is 5.30. The molecule has 5 heteroatoms. The first kappa shape index (κ1) is 15.8. The Morgan fingerprint density at radius 2 is 2.05 bits per heavy atom. The van der Waals surface area contributed by atoms with Gasteiger partial charge in [0.1, 0.15) is 5.75 Å². The normalized spacial score (nSPS) is 10.8. The van der Waals surface area contributed by atoms with Crippen molar-refractivity contribution >= 4 is 38.5 Å². The first-order valence-electron chi connectivity index (χ1n) is 6.67. The highest BCUT2D eigenvalue weighted by Crippen LogP contribution is 2.25. The Morgan fingerprint density at radius 3 is 2.65 bits per heavy atom. The highest BCUT2D eigenvalue weighted by Gasteiger charge is 2.14. The third kappa shape index (κ3) is 3.19. The second-order valence-corrected chi connectivity index (χ2v) is 6.46. The Balaban J connectivity index is 2.39. The van der Waals surface area contributed by atoms with E-state index in [1.54, 1.807) is 7.11 Å². The topological polar surface area (TPSA) is 27.1 Å². The van der Waals surface area contributed by atoms with Gasteiger partial charge in [-0.3, -0.25) is 4.68 Å². The zero-order valence-corrected chi connectivity index (χ0v) is 15.7. The van der Waals surface area contributed by atoms with Crippen molar-refractivity contribution in [3.8, 4) is 5.75 Å². The number of ether oxygens (including phenoxy) is 1. The van der Waals surface area contributed by atoms with Crippen molar-refractivity contribution in [3.63, 3.8) is 0 Å². The summed E-state index contributed by atoms with van der Waals surface area (Å²) in [4.78, 5) is 0. The lowest BCUT2D eigenvalue weighted by atomic mass is 10.2. The van der Waals surface area contributed by atoms with Crippen LogP contribution in [-0.2, 0) is 19.4 Å². The van der Waals surface area contributed by atoms with Crippen LogP contribution in [0.15, 0.2) is 22.7 Å². The predicted octanol–water partition coefficient (Wildman–Crippen LogP) is 4.43. The number of aryl methyl sites for hydroxylation is 1. The van der Waals surface area contributed by atoms with Gasteiger partial charge in [-0.1, -0.05) is 29.8 Å². The molecular formula is C15H18BrIN2O. The number of aromatic nitrogens is 2. The number of methoxy groups -OCH3 is 1. The number of benzene rings is 1. The molecule has 2 rings (SSSR count). The molecule has 0 radical (unpaired) electrons. The second-order valence-electron chi connectivity index (χ2n) is 4.53. The van der Waals surface area contributed by atoms with Crippen LogP contribution < -0.4 is 4.74 Å². The molecule has 0 aliphatic rings. The zero-order chi connectivity index (χ0) is 14.7. The molecule has 0 saturated heterocycles. The maximum Gasteiger partial charge on any atom is 0.119 e. The van der Waals surface area contributed by atoms with Crippen LogP contribution >= 0.6 is 38.5 Å². The molecule has 108 valence electrons. The molecule has 1 heterocycles. The van der Waals surface area contributed by atoms with Gasteiger partial charge >= 0.3 is 0 Å². The van der Waals surface area contributed by atoms with E-state index in [-0.39, 0.29) is 0 Å². The van der Waals surface area contributed by atoms with Crippen molar-refractivity contribution in [2.45, 2.75) is 33.2 Å². The fourth-order valence-electron chi connectivity index (χ4n) is 2.18. The molecule has 2 aromatic rings. The number of hydrogen-bond donors (Lipinski definition) is 0. The summed E-state index contributed by atoms with van der Waals surface area (Å²) in [6.45, 7) is 5.09. The second kappa shape index (κ2) is 6.93. The molecule has 0 N–H and O–H groups in total. The summed E-state index contributed by atoms with van der Waals surface area (Å²) in [6, 6.07) is 6.04. The lowest BCUT2D eigenvalue weighted by Gasteiger charge is -2.10. The van der Waals surface area contributed by atoms with Crippen molar-refractivity contribution < 1.29 is 4.74 Å². The summed E-state index contributed by atoms with van der Waals surface area (Å²) in [5.41, 5.74) is 3.67. The van der Waals surface area contributed by atoms with E-state index in [1.807, 2.05) is 12.1 Å². The molecule has 1 aromatic carbocycles. The van der Waals surface area contributed by atoms with Gasteiger partial charge in [-0.2, -0.15) is 5.10 Å². The molecule has 0 aliphatic carbocycles. The Hall–Kier alpha value is -0.560. The molecule has 0 saturated carbocycles. The Labute approximate surface area is 142 Å². The summed E-state index contributed by atoms with van der Waals surface area (Å²) in [5, 5.41) is 4.74. The molecule has 0 aliphatic heterocycles. The molecule has 3 nitrogen and oxygen atoms in total. The summed E-state index contributed by atoms with van der Waals surface area (Å²) >= 11 is 6.01. The number of hydrogen-bond acceptors (Lipinski definition) is 2. The van der Waals surface area contributed by atoms with E-state index in [9.17, 15) is 0 Å². The molecule has 0 amide bonds. The van der Waals surface area contributed by atoms with Crippen molar-refractivity contribution in [1.29, 1.82) is 0 Å². The molecule has 0 fully saturated rings. The molecule has 1 aromatic heterocycles. The summed E-state index contributed by atoms with van der Waals surface area (Å²) in [7, 11) is 1.69. The van der Waals surface area contributed by atoms with E-state index in [0.29, 0.717) is 0 Å². The van der Waals surface area contributed by atoms with Crippen LogP contribution in [0.4, 0.5) is 0 Å². The van der Waals surface area contributed by atoms with Gasteiger partial charge in [0.05, 0.1) is 28.6 Å². The van der Waals surface area contributed by atoms with Crippen LogP contribution in [0.2, 0.25) is 0 Å². The quantitative estimate of drug-likeness (QED) is 0.632. The third-order valence-corrected chi connectivity index (χ3v) is 5.32. The van der Waals surface area contributed by atoms with E-state index in [2.05, 4.69) is 63.1 Å². The number of halogens is 2. The predicted molar refractivity (Wildman–Crippen MR) is 93.5 cm³/mol. The SMILES string of the molecule is CCc1nn(Cc2cc(OC)ccc2Br)c(CC)c1I. The minimum atomic E-state index is 0.761. The van der Waals surface area contributed by atoms with Crippen LogP contribution in [0.3, 0.4) is 0 Å². The van der Waals surface area contributed by atoms with E-state index < -0.39 is 0 Å². The van der Waals surface area contributed by atoms with Gasteiger partial charge in [-0.05, 0) is 59.2 Å². The lowest BCUT2D eigenvalue weighted by Crippen LogP contribution is -2.07. The van der Waals surface area contributed by atoms with Gasteiger partial charge in [-0.25, -0.2) is 0 Å². The lowest BCUT2D eigenvalue weighted by molar-refractivity contribution is 0.414. The Kier molecular flexibility index (Phi) is 5.49. The Morgan fingerprint density at radius 1 is 1.30 bits per heavy atom. The first-order valence-corrected chi connectivity index (χ1v) is 8.54. The first-order chi connectivity index (χ1) is 9.60. The van der Waals surface area contributed by atoms with Crippen molar-refractivity contribution in [3.05, 3.63) is 43.2 Å². The van der Waals surface area contributed by atoms with E-state index >= 15 is 0 Å². The van der Waals surface area contributed by atoms with Gasteiger partial charge in [-0.15, -0.1) is 0 Å². The molecule has 0 unspecified atom stereocenters.